The van der Waals surface area contributed by atoms with Crippen LogP contribution < -0.4 is 0 Å². The van der Waals surface area contributed by atoms with Crippen LogP contribution in [0.15, 0.2) is 0 Å². The van der Waals surface area contributed by atoms with Crippen LogP contribution in [0.3, 0.4) is 0 Å². The van der Waals surface area contributed by atoms with Gasteiger partial charge in [0.15, 0.2) is 9.04 Å². The predicted octanol–water partition coefficient (Wildman–Crippen LogP) is 2.79. The van der Waals surface area contributed by atoms with Gasteiger partial charge < -0.3 is 4.80 Å². The van der Waals surface area contributed by atoms with E-state index in [1.54, 1.807) is 0 Å². The molecule has 0 saturated heterocycles. The van der Waals surface area contributed by atoms with E-state index in [0.717, 1.165) is 12.1 Å². The van der Waals surface area contributed by atoms with Crippen molar-refractivity contribution in [3.05, 3.63) is 0 Å². The average molecular weight is 188 g/mol. The van der Waals surface area contributed by atoms with Gasteiger partial charge in [-0.3, -0.25) is 0 Å². The second kappa shape index (κ2) is 3.92. The third-order valence-electron chi connectivity index (χ3n) is 1.70. The Bertz CT molecular complexity index is 114. The quantitative estimate of drug-likeness (QED) is 0.661. The van der Waals surface area contributed by atoms with Crippen LogP contribution >= 0.6 is 0 Å². The third-order valence-corrected chi connectivity index (χ3v) is 5.09. The van der Waals surface area contributed by atoms with Gasteiger partial charge >= 0.3 is 0 Å². The van der Waals surface area contributed by atoms with Crippen molar-refractivity contribution in [2.24, 2.45) is 10.8 Å². The third kappa shape index (κ3) is 8.28. The smallest absolute Gasteiger partial charge is 0.173 e. The predicted molar refractivity (Wildman–Crippen MR) is 57.9 cm³/mol. The standard InChI is InChI=1S/C10H24OSi/c1-9(2,3)7-12(11)8-10(4,5)6/h11-12H,7-8H2,1-6H3. The number of hydrogen-bond acceptors (Lipinski definition) is 1. The molecule has 0 unspecified atom stereocenters. The SMILES string of the molecule is CC(C)(C)C[SiH](O)CC(C)(C)C. The minimum atomic E-state index is -1.45. The van der Waals surface area contributed by atoms with Crippen LogP contribution in [0.1, 0.15) is 41.5 Å². The maximum absolute atomic E-state index is 9.86. The molecule has 0 spiro atoms. The van der Waals surface area contributed by atoms with Gasteiger partial charge in [-0.1, -0.05) is 41.5 Å². The lowest BCUT2D eigenvalue weighted by atomic mass is 10.00. The lowest BCUT2D eigenvalue weighted by Crippen LogP contribution is -2.25. The molecule has 0 aromatic heterocycles. The summed E-state index contributed by atoms with van der Waals surface area (Å²) in [6.07, 6.45) is 0. The summed E-state index contributed by atoms with van der Waals surface area (Å²) in [6, 6.07) is 2.06. The Morgan fingerprint density at radius 3 is 1.25 bits per heavy atom. The summed E-state index contributed by atoms with van der Waals surface area (Å²) >= 11 is 0. The van der Waals surface area contributed by atoms with Crippen molar-refractivity contribution < 1.29 is 4.80 Å². The van der Waals surface area contributed by atoms with Gasteiger partial charge in [0.05, 0.1) is 0 Å². The number of rotatable bonds is 2. The minimum Gasteiger partial charge on any atom is -0.435 e. The molecule has 0 aliphatic heterocycles. The van der Waals surface area contributed by atoms with Crippen LogP contribution in [0.2, 0.25) is 12.1 Å². The van der Waals surface area contributed by atoms with Crippen molar-refractivity contribution in [2.75, 3.05) is 0 Å². The van der Waals surface area contributed by atoms with Crippen LogP contribution in [0.5, 0.6) is 0 Å². The zero-order valence-corrected chi connectivity index (χ0v) is 10.6. The van der Waals surface area contributed by atoms with Crippen molar-refractivity contribution in [3.63, 3.8) is 0 Å². The Balaban J connectivity index is 3.83. The molecule has 2 heteroatoms. The molecule has 0 amide bonds. The molecule has 0 saturated carbocycles. The van der Waals surface area contributed by atoms with E-state index in [-0.39, 0.29) is 0 Å². The highest BCUT2D eigenvalue weighted by Gasteiger charge is 2.23. The topological polar surface area (TPSA) is 20.2 Å². The average Bonchev–Trinajstić information content (AvgIpc) is 1.49. The second-order valence-electron chi connectivity index (χ2n) is 6.18. The molecule has 0 rings (SSSR count). The van der Waals surface area contributed by atoms with Crippen LogP contribution in [0, 0.1) is 10.8 Å². The van der Waals surface area contributed by atoms with Crippen molar-refractivity contribution >= 4 is 9.04 Å². The summed E-state index contributed by atoms with van der Waals surface area (Å²) in [7, 11) is -1.45. The fraction of sp³-hybridized carbons (Fsp3) is 1.00. The first-order valence-electron chi connectivity index (χ1n) is 4.78. The van der Waals surface area contributed by atoms with Gasteiger partial charge in [-0.25, -0.2) is 0 Å². The summed E-state index contributed by atoms with van der Waals surface area (Å²) in [5.74, 6) is 0. The van der Waals surface area contributed by atoms with Crippen LogP contribution in [0.4, 0.5) is 0 Å². The Hall–Kier alpha value is 0.177. The van der Waals surface area contributed by atoms with Gasteiger partial charge in [-0.2, -0.15) is 0 Å². The number of hydrogen-bond donors (Lipinski definition) is 1. The lowest BCUT2D eigenvalue weighted by molar-refractivity contribution is 0.399. The molecule has 0 heterocycles. The van der Waals surface area contributed by atoms with Gasteiger partial charge in [0, 0.05) is 0 Å². The van der Waals surface area contributed by atoms with E-state index in [0.29, 0.717) is 10.8 Å². The van der Waals surface area contributed by atoms with E-state index >= 15 is 0 Å². The molecule has 0 aromatic rings. The van der Waals surface area contributed by atoms with E-state index in [1.165, 1.54) is 0 Å². The lowest BCUT2D eigenvalue weighted by Gasteiger charge is -2.26. The summed E-state index contributed by atoms with van der Waals surface area (Å²) in [5.41, 5.74) is 0.605. The fourth-order valence-electron chi connectivity index (χ4n) is 1.49. The molecule has 12 heavy (non-hydrogen) atoms. The van der Waals surface area contributed by atoms with Crippen LogP contribution in [0.25, 0.3) is 0 Å². The molecule has 0 fully saturated rings. The minimum absolute atomic E-state index is 0.302. The van der Waals surface area contributed by atoms with E-state index in [1.807, 2.05) is 0 Å². The highest BCUT2D eigenvalue weighted by atomic mass is 28.3. The van der Waals surface area contributed by atoms with E-state index in [9.17, 15) is 4.80 Å². The molecule has 0 aromatic carbocycles. The van der Waals surface area contributed by atoms with E-state index < -0.39 is 9.04 Å². The normalized spacial score (nSPS) is 14.0. The summed E-state index contributed by atoms with van der Waals surface area (Å²) in [5, 5.41) is 0. The highest BCUT2D eigenvalue weighted by molar-refractivity contribution is 6.50. The summed E-state index contributed by atoms with van der Waals surface area (Å²) in [4.78, 5) is 9.86. The molecular weight excluding hydrogens is 164 g/mol. The first kappa shape index (κ1) is 12.2. The fourth-order valence-corrected chi connectivity index (χ4v) is 4.46. The molecule has 0 bridgehead atoms. The molecule has 1 nitrogen and oxygen atoms in total. The van der Waals surface area contributed by atoms with E-state index in [4.69, 9.17) is 0 Å². The molecule has 0 aliphatic rings. The van der Waals surface area contributed by atoms with Crippen LogP contribution in [-0.4, -0.2) is 13.8 Å². The van der Waals surface area contributed by atoms with Gasteiger partial charge in [0.2, 0.25) is 0 Å². The van der Waals surface area contributed by atoms with Crippen molar-refractivity contribution in [2.45, 2.75) is 53.6 Å². The molecule has 74 valence electrons. The maximum Gasteiger partial charge on any atom is 0.173 e. The molecule has 0 radical (unpaired) electrons. The van der Waals surface area contributed by atoms with Gasteiger partial charge in [0.25, 0.3) is 0 Å². The van der Waals surface area contributed by atoms with Crippen molar-refractivity contribution in [3.8, 4) is 0 Å². The zero-order chi connectivity index (χ0) is 9.99. The van der Waals surface area contributed by atoms with E-state index in [2.05, 4.69) is 41.5 Å². The van der Waals surface area contributed by atoms with Gasteiger partial charge in [-0.05, 0) is 22.9 Å². The molecular formula is C10H24OSi. The van der Waals surface area contributed by atoms with Crippen molar-refractivity contribution in [1.29, 1.82) is 0 Å². The highest BCUT2D eigenvalue weighted by Crippen LogP contribution is 2.28. The monoisotopic (exact) mass is 188 g/mol. The molecule has 1 N–H and O–H groups in total. The van der Waals surface area contributed by atoms with Crippen LogP contribution in [-0.2, 0) is 0 Å². The Kier molecular flexibility index (Phi) is 3.98. The second-order valence-corrected chi connectivity index (χ2v) is 8.31. The first-order valence-corrected chi connectivity index (χ1v) is 6.93. The maximum atomic E-state index is 9.86. The Labute approximate surface area is 78.9 Å². The Morgan fingerprint density at radius 1 is 0.833 bits per heavy atom. The van der Waals surface area contributed by atoms with Crippen molar-refractivity contribution in [1.82, 2.24) is 0 Å². The zero-order valence-electron chi connectivity index (χ0n) is 9.44. The summed E-state index contributed by atoms with van der Waals surface area (Å²) in [6.45, 7) is 13.2. The molecule has 0 atom stereocenters. The molecule has 0 aliphatic carbocycles. The Morgan fingerprint density at radius 2 is 1.08 bits per heavy atom. The largest absolute Gasteiger partial charge is 0.435 e. The van der Waals surface area contributed by atoms with Gasteiger partial charge in [-0.15, -0.1) is 0 Å². The van der Waals surface area contributed by atoms with Gasteiger partial charge in [0.1, 0.15) is 0 Å². The first-order chi connectivity index (χ1) is 5.10. The summed E-state index contributed by atoms with van der Waals surface area (Å²) < 4.78 is 0.